The number of furan rings is 1. The van der Waals surface area contributed by atoms with Gasteiger partial charge in [0.1, 0.15) is 5.76 Å². The summed E-state index contributed by atoms with van der Waals surface area (Å²) in [5.74, 6) is 6.56. The number of nitrogens with two attached hydrogens (primary N) is 1. The molecule has 4 nitrogen and oxygen atoms in total. The molecule has 1 atom stereocenters. The minimum absolute atomic E-state index is 0.252. The van der Waals surface area contributed by atoms with E-state index in [1.165, 1.54) is 5.56 Å². The zero-order chi connectivity index (χ0) is 11.9. The summed E-state index contributed by atoms with van der Waals surface area (Å²) in [5, 5.41) is 0. The predicted molar refractivity (Wildman–Crippen MR) is 66.1 cm³/mol. The molecule has 2 heterocycles. The van der Waals surface area contributed by atoms with Crippen LogP contribution in [0.5, 0.6) is 0 Å². The molecule has 0 saturated heterocycles. The highest BCUT2D eigenvalue weighted by Crippen LogP contribution is 2.09. The summed E-state index contributed by atoms with van der Waals surface area (Å²) in [4.78, 5) is 4.00. The maximum atomic E-state index is 5.56. The molecule has 90 valence electrons. The van der Waals surface area contributed by atoms with Crippen LogP contribution in [0.25, 0.3) is 0 Å². The van der Waals surface area contributed by atoms with Crippen molar-refractivity contribution >= 4 is 0 Å². The summed E-state index contributed by atoms with van der Waals surface area (Å²) in [5.41, 5.74) is 4.09. The number of nitrogens with one attached hydrogen (secondary N) is 1. The summed E-state index contributed by atoms with van der Waals surface area (Å²) in [6.45, 7) is 0. The van der Waals surface area contributed by atoms with Crippen LogP contribution in [0.4, 0.5) is 0 Å². The van der Waals surface area contributed by atoms with Gasteiger partial charge in [-0.3, -0.25) is 16.3 Å². The van der Waals surface area contributed by atoms with Crippen LogP contribution in [0.2, 0.25) is 0 Å². The van der Waals surface area contributed by atoms with Crippen LogP contribution in [0.1, 0.15) is 17.7 Å². The lowest BCUT2D eigenvalue weighted by Gasteiger charge is -2.14. The van der Waals surface area contributed by atoms with E-state index in [9.17, 15) is 0 Å². The van der Waals surface area contributed by atoms with Crippen molar-refractivity contribution in [2.24, 2.45) is 5.84 Å². The van der Waals surface area contributed by atoms with E-state index < -0.39 is 0 Å². The minimum atomic E-state index is 0.252. The fourth-order valence-corrected chi connectivity index (χ4v) is 1.82. The van der Waals surface area contributed by atoms with Gasteiger partial charge in [-0.05, 0) is 42.7 Å². The Balaban J connectivity index is 1.85. The van der Waals surface area contributed by atoms with Gasteiger partial charge >= 0.3 is 0 Å². The lowest BCUT2D eigenvalue weighted by atomic mass is 10.0. The second-order valence-electron chi connectivity index (χ2n) is 4.04. The number of nitrogens with zero attached hydrogens (tertiary/aromatic N) is 1. The van der Waals surface area contributed by atoms with Gasteiger partial charge in [0.15, 0.2) is 0 Å². The first-order valence-corrected chi connectivity index (χ1v) is 5.76. The number of aromatic nitrogens is 1. The third-order valence-corrected chi connectivity index (χ3v) is 2.79. The van der Waals surface area contributed by atoms with Crippen molar-refractivity contribution in [3.63, 3.8) is 0 Å². The molecule has 0 fully saturated rings. The van der Waals surface area contributed by atoms with Crippen LogP contribution in [-0.4, -0.2) is 11.0 Å². The minimum Gasteiger partial charge on any atom is -0.469 e. The average molecular weight is 231 g/mol. The van der Waals surface area contributed by atoms with Crippen LogP contribution < -0.4 is 11.3 Å². The van der Waals surface area contributed by atoms with Crippen molar-refractivity contribution in [3.05, 3.63) is 54.2 Å². The number of hydrazine groups is 1. The van der Waals surface area contributed by atoms with Gasteiger partial charge in [0, 0.05) is 24.9 Å². The fourth-order valence-electron chi connectivity index (χ4n) is 1.82. The Morgan fingerprint density at radius 2 is 2.12 bits per heavy atom. The third kappa shape index (κ3) is 3.69. The van der Waals surface area contributed by atoms with Crippen molar-refractivity contribution in [2.75, 3.05) is 0 Å². The van der Waals surface area contributed by atoms with E-state index in [1.54, 1.807) is 18.7 Å². The van der Waals surface area contributed by atoms with Crippen molar-refractivity contribution in [2.45, 2.75) is 25.3 Å². The third-order valence-electron chi connectivity index (χ3n) is 2.79. The van der Waals surface area contributed by atoms with Crippen molar-refractivity contribution in [1.29, 1.82) is 0 Å². The summed E-state index contributed by atoms with van der Waals surface area (Å²) in [6.07, 6.45) is 8.05. The highest BCUT2D eigenvalue weighted by molar-refractivity contribution is 5.11. The Hall–Kier alpha value is -1.65. The zero-order valence-electron chi connectivity index (χ0n) is 9.67. The van der Waals surface area contributed by atoms with Crippen LogP contribution >= 0.6 is 0 Å². The van der Waals surface area contributed by atoms with E-state index in [1.807, 2.05) is 24.3 Å². The Kier molecular flexibility index (Phi) is 4.30. The molecular weight excluding hydrogens is 214 g/mol. The Labute approximate surface area is 101 Å². The van der Waals surface area contributed by atoms with Gasteiger partial charge < -0.3 is 4.42 Å². The standard InChI is InChI=1S/C13H17N3O/c14-16-12(3-4-13-2-1-9-17-13)10-11-5-7-15-8-6-11/h1-2,5-9,12,16H,3-4,10,14H2. The highest BCUT2D eigenvalue weighted by atomic mass is 16.3. The molecule has 4 heteroatoms. The van der Waals surface area contributed by atoms with E-state index in [-0.39, 0.29) is 6.04 Å². The molecule has 0 spiro atoms. The van der Waals surface area contributed by atoms with Crippen molar-refractivity contribution < 1.29 is 4.42 Å². The Morgan fingerprint density at radius 1 is 1.29 bits per heavy atom. The maximum Gasteiger partial charge on any atom is 0.103 e. The van der Waals surface area contributed by atoms with E-state index in [0.29, 0.717) is 0 Å². The first-order valence-electron chi connectivity index (χ1n) is 5.76. The molecule has 2 aromatic heterocycles. The molecule has 3 N–H and O–H groups in total. The van der Waals surface area contributed by atoms with Gasteiger partial charge in [-0.25, -0.2) is 0 Å². The number of rotatable bonds is 6. The summed E-state index contributed by atoms with van der Waals surface area (Å²) in [6, 6.07) is 8.17. The number of pyridine rings is 1. The van der Waals surface area contributed by atoms with Crippen LogP contribution in [0, 0.1) is 0 Å². The summed E-state index contributed by atoms with van der Waals surface area (Å²) >= 11 is 0. The smallest absolute Gasteiger partial charge is 0.103 e. The van der Waals surface area contributed by atoms with E-state index >= 15 is 0 Å². The molecule has 0 aliphatic heterocycles. The van der Waals surface area contributed by atoms with Crippen molar-refractivity contribution in [1.82, 2.24) is 10.4 Å². The molecule has 0 bridgehead atoms. The van der Waals surface area contributed by atoms with E-state index in [2.05, 4.69) is 10.4 Å². The van der Waals surface area contributed by atoms with Gasteiger partial charge in [0.05, 0.1) is 6.26 Å². The largest absolute Gasteiger partial charge is 0.469 e. The molecule has 1 unspecified atom stereocenters. The zero-order valence-corrected chi connectivity index (χ0v) is 9.67. The molecule has 0 aliphatic rings. The predicted octanol–water partition coefficient (Wildman–Crippen LogP) is 1.68. The Morgan fingerprint density at radius 3 is 2.76 bits per heavy atom. The first-order chi connectivity index (χ1) is 8.38. The number of hydrogen-bond donors (Lipinski definition) is 2. The van der Waals surface area contributed by atoms with E-state index in [4.69, 9.17) is 10.3 Å². The summed E-state index contributed by atoms with van der Waals surface area (Å²) < 4.78 is 5.30. The normalized spacial score (nSPS) is 12.5. The van der Waals surface area contributed by atoms with Gasteiger partial charge in [-0.1, -0.05) is 0 Å². The fraction of sp³-hybridized carbons (Fsp3) is 0.308. The average Bonchev–Trinajstić information content (AvgIpc) is 2.89. The first kappa shape index (κ1) is 11.8. The molecule has 0 aromatic carbocycles. The van der Waals surface area contributed by atoms with Gasteiger partial charge in [-0.2, -0.15) is 0 Å². The van der Waals surface area contributed by atoms with Crippen molar-refractivity contribution in [3.8, 4) is 0 Å². The molecule has 2 aromatic rings. The van der Waals surface area contributed by atoms with Crippen LogP contribution in [0.15, 0.2) is 47.3 Å². The van der Waals surface area contributed by atoms with E-state index in [0.717, 1.165) is 25.0 Å². The topological polar surface area (TPSA) is 64.1 Å². The molecule has 0 aliphatic carbocycles. The lowest BCUT2D eigenvalue weighted by Crippen LogP contribution is -2.37. The SMILES string of the molecule is NNC(CCc1ccco1)Cc1ccncc1. The van der Waals surface area contributed by atoms with Gasteiger partial charge in [-0.15, -0.1) is 0 Å². The monoisotopic (exact) mass is 231 g/mol. The highest BCUT2D eigenvalue weighted by Gasteiger charge is 2.08. The molecular formula is C13H17N3O. The molecule has 0 saturated carbocycles. The number of hydrogen-bond acceptors (Lipinski definition) is 4. The number of aryl methyl sites for hydroxylation is 1. The molecule has 0 radical (unpaired) electrons. The molecule has 0 amide bonds. The lowest BCUT2D eigenvalue weighted by molar-refractivity contribution is 0.447. The summed E-state index contributed by atoms with van der Waals surface area (Å²) in [7, 11) is 0. The maximum absolute atomic E-state index is 5.56. The quantitative estimate of drug-likeness (QED) is 0.586. The second-order valence-corrected chi connectivity index (χ2v) is 4.04. The van der Waals surface area contributed by atoms with Crippen LogP contribution in [-0.2, 0) is 12.8 Å². The second kappa shape index (κ2) is 6.18. The molecule has 17 heavy (non-hydrogen) atoms. The van der Waals surface area contributed by atoms with Gasteiger partial charge in [0.25, 0.3) is 0 Å². The van der Waals surface area contributed by atoms with Crippen LogP contribution in [0.3, 0.4) is 0 Å². The molecule has 2 rings (SSSR count). The van der Waals surface area contributed by atoms with Gasteiger partial charge in [0.2, 0.25) is 0 Å². The Bertz CT molecular complexity index is 413.